The minimum Gasteiger partial charge on any atom is -0.417 e. The SMILES string of the molecule is COC(C)(c1nnc(-c2ccc3c(c2)N(Cc2ccc(Cl)cc2)C(=O)[C@@H](N)CS3(=O)=O)o1)C(F)(F)F. The number of nitrogens with zero attached hydrogens (tertiary/aromatic N) is 3. The van der Waals surface area contributed by atoms with Crippen molar-refractivity contribution in [3.05, 3.63) is 58.9 Å². The van der Waals surface area contributed by atoms with E-state index in [-0.39, 0.29) is 28.6 Å². The molecule has 9 nitrogen and oxygen atoms in total. The molecule has 36 heavy (non-hydrogen) atoms. The fraction of sp³-hybridized carbons (Fsp3) is 0.318. The zero-order valence-corrected chi connectivity index (χ0v) is 20.5. The summed E-state index contributed by atoms with van der Waals surface area (Å²) in [6.45, 7) is 0.697. The van der Waals surface area contributed by atoms with Crippen LogP contribution in [0.3, 0.4) is 0 Å². The summed E-state index contributed by atoms with van der Waals surface area (Å²) in [7, 11) is -3.12. The molecule has 0 radical (unpaired) electrons. The maximum absolute atomic E-state index is 13.5. The van der Waals surface area contributed by atoms with Gasteiger partial charge in [-0.3, -0.25) is 4.79 Å². The van der Waals surface area contributed by atoms with Crippen LogP contribution in [0, 0.1) is 0 Å². The minimum atomic E-state index is -4.86. The Kier molecular flexibility index (Phi) is 6.62. The van der Waals surface area contributed by atoms with Crippen molar-refractivity contribution in [1.82, 2.24) is 10.2 Å². The van der Waals surface area contributed by atoms with E-state index < -0.39 is 45.2 Å². The lowest BCUT2D eigenvalue weighted by Crippen LogP contribution is -2.45. The molecule has 1 unspecified atom stereocenters. The van der Waals surface area contributed by atoms with Crippen LogP contribution in [-0.2, 0) is 31.5 Å². The molecule has 0 fully saturated rings. The van der Waals surface area contributed by atoms with Crippen molar-refractivity contribution >= 4 is 33.0 Å². The van der Waals surface area contributed by atoms with Crippen molar-refractivity contribution in [2.24, 2.45) is 5.73 Å². The van der Waals surface area contributed by atoms with Crippen molar-refractivity contribution in [2.45, 2.75) is 36.2 Å². The standard InChI is InChI=1S/C22H20ClF3N4O5S/c1-21(34-2,22(24,25)26)20-29-28-18(35-20)13-5-8-17-16(9-13)30(10-12-3-6-14(23)7-4-12)19(31)15(27)11-36(17,32)33/h3-9,15H,10-11,27H2,1-2H3/t15-,21?/m0/s1. The quantitative estimate of drug-likeness (QED) is 0.517. The molecule has 0 saturated heterocycles. The number of methoxy groups -OCH3 is 1. The highest BCUT2D eigenvalue weighted by atomic mass is 35.5. The predicted octanol–water partition coefficient (Wildman–Crippen LogP) is 3.46. The first kappa shape index (κ1) is 26.1. The summed E-state index contributed by atoms with van der Waals surface area (Å²) < 4.78 is 76.4. The van der Waals surface area contributed by atoms with Crippen LogP contribution in [0.2, 0.25) is 5.02 Å². The molecule has 0 bridgehead atoms. The van der Waals surface area contributed by atoms with Crippen LogP contribution in [0.25, 0.3) is 11.5 Å². The number of alkyl halides is 3. The number of aromatic nitrogens is 2. The van der Waals surface area contributed by atoms with E-state index in [0.29, 0.717) is 10.6 Å². The molecule has 1 aliphatic rings. The molecule has 2 N–H and O–H groups in total. The molecule has 3 aromatic rings. The van der Waals surface area contributed by atoms with Gasteiger partial charge in [-0.15, -0.1) is 10.2 Å². The van der Waals surface area contributed by atoms with E-state index in [0.717, 1.165) is 14.0 Å². The highest BCUT2D eigenvalue weighted by Gasteiger charge is 2.57. The number of anilines is 1. The summed E-state index contributed by atoms with van der Waals surface area (Å²) in [5, 5.41) is 7.65. The molecule has 192 valence electrons. The lowest BCUT2D eigenvalue weighted by molar-refractivity contribution is -0.276. The Bertz CT molecular complexity index is 1410. The van der Waals surface area contributed by atoms with Crippen LogP contribution in [-0.4, -0.2) is 49.6 Å². The Morgan fingerprint density at radius 2 is 1.86 bits per heavy atom. The van der Waals surface area contributed by atoms with E-state index in [9.17, 15) is 26.4 Å². The third kappa shape index (κ3) is 4.59. The summed E-state index contributed by atoms with van der Waals surface area (Å²) in [6.07, 6.45) is -4.86. The molecule has 1 aliphatic heterocycles. The number of halogens is 4. The molecule has 2 heterocycles. The second-order valence-electron chi connectivity index (χ2n) is 8.27. The van der Waals surface area contributed by atoms with Gasteiger partial charge in [-0.25, -0.2) is 8.42 Å². The van der Waals surface area contributed by atoms with Crippen LogP contribution in [0.15, 0.2) is 51.8 Å². The van der Waals surface area contributed by atoms with Gasteiger partial charge in [-0.2, -0.15) is 13.2 Å². The first-order valence-electron chi connectivity index (χ1n) is 10.4. The third-order valence-corrected chi connectivity index (χ3v) is 7.92. The van der Waals surface area contributed by atoms with Gasteiger partial charge in [0.05, 0.1) is 28.9 Å². The number of carbonyl (C=O) groups is 1. The van der Waals surface area contributed by atoms with E-state index >= 15 is 0 Å². The second kappa shape index (κ2) is 9.14. The minimum absolute atomic E-state index is 0.0227. The number of hydrogen-bond acceptors (Lipinski definition) is 8. The number of nitrogens with two attached hydrogens (primary N) is 1. The summed E-state index contributed by atoms with van der Waals surface area (Å²) in [4.78, 5) is 14.1. The topological polar surface area (TPSA) is 129 Å². The lowest BCUT2D eigenvalue weighted by Gasteiger charge is -2.26. The van der Waals surface area contributed by atoms with E-state index in [2.05, 4.69) is 14.9 Å². The van der Waals surface area contributed by atoms with Gasteiger partial charge in [0.2, 0.25) is 17.4 Å². The Morgan fingerprint density at radius 3 is 2.47 bits per heavy atom. The van der Waals surface area contributed by atoms with Gasteiger partial charge in [0.15, 0.2) is 9.84 Å². The van der Waals surface area contributed by atoms with Crippen LogP contribution < -0.4 is 10.6 Å². The fourth-order valence-electron chi connectivity index (χ4n) is 3.63. The summed E-state index contributed by atoms with van der Waals surface area (Å²) >= 11 is 5.93. The number of sulfone groups is 1. The second-order valence-corrected chi connectivity index (χ2v) is 10.7. The molecule has 14 heteroatoms. The summed E-state index contributed by atoms with van der Waals surface area (Å²) in [6, 6.07) is 9.03. The largest absolute Gasteiger partial charge is 0.426 e. The number of carbonyl (C=O) groups excluding carboxylic acids is 1. The van der Waals surface area contributed by atoms with Gasteiger partial charge in [-0.1, -0.05) is 23.7 Å². The maximum Gasteiger partial charge on any atom is 0.426 e. The van der Waals surface area contributed by atoms with E-state index in [4.69, 9.17) is 21.8 Å². The van der Waals surface area contributed by atoms with Crippen LogP contribution in [0.5, 0.6) is 0 Å². The Balaban J connectivity index is 1.83. The molecule has 0 aliphatic carbocycles. The van der Waals surface area contributed by atoms with Crippen molar-refractivity contribution < 1.29 is 35.5 Å². The smallest absolute Gasteiger partial charge is 0.417 e. The van der Waals surface area contributed by atoms with Gasteiger partial charge >= 0.3 is 6.18 Å². The Labute approximate surface area is 208 Å². The molecular weight excluding hydrogens is 525 g/mol. The van der Waals surface area contributed by atoms with Crippen molar-refractivity contribution in [2.75, 3.05) is 17.8 Å². The molecular formula is C22H20ClF3N4O5S. The molecule has 0 spiro atoms. The first-order valence-corrected chi connectivity index (χ1v) is 12.4. The van der Waals surface area contributed by atoms with Crippen LogP contribution >= 0.6 is 11.6 Å². The summed E-state index contributed by atoms with van der Waals surface area (Å²) in [5.41, 5.74) is 3.74. The monoisotopic (exact) mass is 544 g/mol. The van der Waals surface area contributed by atoms with Gasteiger partial charge in [0.25, 0.3) is 5.89 Å². The number of ether oxygens (including phenoxy) is 1. The molecule has 0 saturated carbocycles. The van der Waals surface area contributed by atoms with E-state index in [1.165, 1.54) is 23.1 Å². The lowest BCUT2D eigenvalue weighted by atomic mass is 10.1. The molecule has 4 rings (SSSR count). The van der Waals surface area contributed by atoms with Gasteiger partial charge < -0.3 is 19.8 Å². The van der Waals surface area contributed by atoms with Crippen molar-refractivity contribution in [1.29, 1.82) is 0 Å². The number of rotatable bonds is 5. The van der Waals surface area contributed by atoms with Gasteiger partial charge in [0, 0.05) is 17.7 Å². The molecule has 2 atom stereocenters. The van der Waals surface area contributed by atoms with E-state index in [1.54, 1.807) is 24.3 Å². The van der Waals surface area contributed by atoms with Gasteiger partial charge in [0.1, 0.15) is 0 Å². The Hall–Kier alpha value is -3.00. The first-order chi connectivity index (χ1) is 16.8. The molecule has 1 amide bonds. The molecule has 2 aromatic carbocycles. The third-order valence-electron chi connectivity index (χ3n) is 5.85. The molecule has 1 aromatic heterocycles. The summed E-state index contributed by atoms with van der Waals surface area (Å²) in [5.74, 6) is -2.44. The van der Waals surface area contributed by atoms with Gasteiger partial charge in [-0.05, 0) is 42.8 Å². The maximum atomic E-state index is 13.5. The highest BCUT2D eigenvalue weighted by molar-refractivity contribution is 7.91. The number of benzene rings is 2. The predicted molar refractivity (Wildman–Crippen MR) is 123 cm³/mol. The zero-order chi connectivity index (χ0) is 26.5. The van der Waals surface area contributed by atoms with Crippen LogP contribution in [0.1, 0.15) is 18.4 Å². The van der Waals surface area contributed by atoms with E-state index in [1.807, 2.05) is 0 Å². The number of fused-ring (bicyclic) bond motifs is 1. The highest BCUT2D eigenvalue weighted by Crippen LogP contribution is 2.42. The Morgan fingerprint density at radius 1 is 1.19 bits per heavy atom. The average Bonchev–Trinajstić information content (AvgIpc) is 3.30. The van der Waals surface area contributed by atoms with Crippen molar-refractivity contribution in [3.63, 3.8) is 0 Å². The zero-order valence-electron chi connectivity index (χ0n) is 18.9. The average molecular weight is 545 g/mol. The van der Waals surface area contributed by atoms with Crippen molar-refractivity contribution in [3.8, 4) is 11.5 Å². The fourth-order valence-corrected chi connectivity index (χ4v) is 5.32. The number of hydrogen-bond donors (Lipinski definition) is 1. The number of amides is 1. The van der Waals surface area contributed by atoms with Crippen LogP contribution in [0.4, 0.5) is 18.9 Å². The normalized spacial score (nSPS) is 19.5.